The summed E-state index contributed by atoms with van der Waals surface area (Å²) in [5.74, 6) is 0.153. The van der Waals surface area contributed by atoms with E-state index in [1.807, 2.05) is 42.4 Å². The third-order valence-corrected chi connectivity index (χ3v) is 4.07. The Bertz CT molecular complexity index is 715. The normalized spacial score (nSPS) is 11.3. The number of nitrogens with one attached hydrogen (secondary N) is 1. The van der Waals surface area contributed by atoms with E-state index in [-0.39, 0.29) is 5.78 Å². The van der Waals surface area contributed by atoms with Crippen molar-refractivity contribution in [2.75, 3.05) is 13.6 Å². The van der Waals surface area contributed by atoms with Gasteiger partial charge < -0.3 is 4.98 Å². The van der Waals surface area contributed by atoms with Gasteiger partial charge >= 0.3 is 0 Å². The summed E-state index contributed by atoms with van der Waals surface area (Å²) >= 11 is 1.68. The molecule has 0 aliphatic rings. The molecular weight excluding hydrogens is 268 g/mol. The maximum absolute atomic E-state index is 12.4. The molecule has 20 heavy (non-hydrogen) atoms. The fourth-order valence-electron chi connectivity index (χ4n) is 2.38. The number of ketones is 1. The number of likely N-dealkylation sites (N-methyl/N-ethyl adjacent to an activating group) is 1. The van der Waals surface area contributed by atoms with Crippen LogP contribution in [0, 0.1) is 0 Å². The molecule has 0 bridgehead atoms. The number of nitrogens with zero attached hydrogens (tertiary/aromatic N) is 1. The van der Waals surface area contributed by atoms with Crippen LogP contribution in [0.3, 0.4) is 0 Å². The van der Waals surface area contributed by atoms with Crippen molar-refractivity contribution in [1.82, 2.24) is 9.88 Å². The second-order valence-corrected chi connectivity index (χ2v) is 5.76. The van der Waals surface area contributed by atoms with Crippen LogP contribution in [0.5, 0.6) is 0 Å². The number of para-hydroxylation sites is 1. The maximum Gasteiger partial charge on any atom is 0.178 e. The average molecular weight is 284 g/mol. The lowest BCUT2D eigenvalue weighted by Gasteiger charge is -2.14. The minimum Gasteiger partial charge on any atom is -0.360 e. The smallest absolute Gasteiger partial charge is 0.178 e. The molecule has 0 atom stereocenters. The number of thiophene rings is 1. The Morgan fingerprint density at radius 1 is 1.30 bits per heavy atom. The molecule has 4 heteroatoms. The molecule has 102 valence electrons. The number of fused-ring (bicyclic) bond motifs is 1. The Kier molecular flexibility index (Phi) is 3.67. The fraction of sp³-hybridized carbons (Fsp3) is 0.188. The van der Waals surface area contributed by atoms with E-state index in [1.54, 1.807) is 11.3 Å². The average Bonchev–Trinajstić information content (AvgIpc) is 3.07. The van der Waals surface area contributed by atoms with Crippen LogP contribution in [0.15, 0.2) is 47.3 Å². The van der Waals surface area contributed by atoms with Crippen LogP contribution < -0.4 is 0 Å². The molecule has 1 aromatic carbocycles. The molecule has 0 radical (unpaired) electrons. The largest absolute Gasteiger partial charge is 0.360 e. The number of aromatic amines is 1. The zero-order chi connectivity index (χ0) is 13.9. The van der Waals surface area contributed by atoms with Gasteiger partial charge in [-0.3, -0.25) is 9.69 Å². The standard InChI is InChI=1S/C16H16N2OS/c1-18(9-12-6-7-20-11-12)10-16(19)14-8-17-15-5-3-2-4-13(14)15/h2-8,11,17H,9-10H2,1H3. The van der Waals surface area contributed by atoms with E-state index < -0.39 is 0 Å². The zero-order valence-corrected chi connectivity index (χ0v) is 12.1. The molecular formula is C16H16N2OS. The molecule has 3 rings (SSSR count). The number of hydrogen-bond donors (Lipinski definition) is 1. The van der Waals surface area contributed by atoms with Crippen molar-refractivity contribution in [1.29, 1.82) is 0 Å². The van der Waals surface area contributed by atoms with Gasteiger partial charge in [-0.05, 0) is 35.5 Å². The molecule has 3 nitrogen and oxygen atoms in total. The van der Waals surface area contributed by atoms with Crippen LogP contribution in [-0.2, 0) is 6.54 Å². The number of aromatic nitrogens is 1. The Balaban J connectivity index is 1.73. The topological polar surface area (TPSA) is 36.1 Å². The van der Waals surface area contributed by atoms with Gasteiger partial charge in [0, 0.05) is 29.2 Å². The van der Waals surface area contributed by atoms with Crippen molar-refractivity contribution in [3.05, 3.63) is 58.4 Å². The summed E-state index contributed by atoms with van der Waals surface area (Å²) in [4.78, 5) is 17.6. The Labute approximate surface area is 121 Å². The quantitative estimate of drug-likeness (QED) is 0.727. The van der Waals surface area contributed by atoms with Gasteiger partial charge in [0.1, 0.15) is 0 Å². The molecule has 0 aliphatic heterocycles. The second-order valence-electron chi connectivity index (χ2n) is 4.97. The number of carbonyl (C=O) groups excluding carboxylic acids is 1. The number of H-pyrrole nitrogens is 1. The van der Waals surface area contributed by atoms with Crippen LogP contribution in [-0.4, -0.2) is 29.3 Å². The number of Topliss-reactive ketones (excluding diaryl/α,β-unsaturated/α-hetero) is 1. The van der Waals surface area contributed by atoms with Gasteiger partial charge in [-0.2, -0.15) is 11.3 Å². The SMILES string of the molecule is CN(CC(=O)c1c[nH]c2ccccc12)Cc1ccsc1. The summed E-state index contributed by atoms with van der Waals surface area (Å²) in [6.07, 6.45) is 1.81. The van der Waals surface area contributed by atoms with E-state index in [0.717, 1.165) is 23.0 Å². The summed E-state index contributed by atoms with van der Waals surface area (Å²) in [5.41, 5.74) is 3.04. The zero-order valence-electron chi connectivity index (χ0n) is 11.3. The lowest BCUT2D eigenvalue weighted by Crippen LogP contribution is -2.25. The molecule has 3 aromatic rings. The molecule has 0 aliphatic carbocycles. The van der Waals surface area contributed by atoms with Gasteiger partial charge in [0.25, 0.3) is 0 Å². The van der Waals surface area contributed by atoms with Gasteiger partial charge in [-0.25, -0.2) is 0 Å². The second kappa shape index (κ2) is 5.61. The van der Waals surface area contributed by atoms with Crippen LogP contribution in [0.1, 0.15) is 15.9 Å². The fourth-order valence-corrected chi connectivity index (χ4v) is 3.04. The van der Waals surface area contributed by atoms with Crippen LogP contribution in [0.4, 0.5) is 0 Å². The number of hydrogen-bond acceptors (Lipinski definition) is 3. The van der Waals surface area contributed by atoms with Gasteiger partial charge in [0.15, 0.2) is 5.78 Å². The van der Waals surface area contributed by atoms with Crippen molar-refractivity contribution >= 4 is 28.0 Å². The molecule has 1 N–H and O–H groups in total. The molecule has 0 saturated heterocycles. The first-order valence-corrected chi connectivity index (χ1v) is 7.47. The Morgan fingerprint density at radius 3 is 2.95 bits per heavy atom. The number of rotatable bonds is 5. The maximum atomic E-state index is 12.4. The first-order valence-electron chi connectivity index (χ1n) is 6.53. The first kappa shape index (κ1) is 13.1. The molecule has 2 aromatic heterocycles. The predicted octanol–water partition coefficient (Wildman–Crippen LogP) is 3.54. The van der Waals surface area contributed by atoms with E-state index >= 15 is 0 Å². The van der Waals surface area contributed by atoms with Gasteiger partial charge in [-0.15, -0.1) is 0 Å². The monoisotopic (exact) mass is 284 g/mol. The summed E-state index contributed by atoms with van der Waals surface area (Å²) in [5, 5.41) is 5.18. The van der Waals surface area contributed by atoms with Crippen LogP contribution >= 0.6 is 11.3 Å². The summed E-state index contributed by atoms with van der Waals surface area (Å²) in [7, 11) is 1.98. The molecule has 0 amide bonds. The lowest BCUT2D eigenvalue weighted by atomic mass is 10.1. The molecule has 0 fully saturated rings. The highest BCUT2D eigenvalue weighted by molar-refractivity contribution is 7.07. The van der Waals surface area contributed by atoms with Crippen molar-refractivity contribution in [3.63, 3.8) is 0 Å². The van der Waals surface area contributed by atoms with E-state index in [0.29, 0.717) is 6.54 Å². The minimum absolute atomic E-state index is 0.153. The van der Waals surface area contributed by atoms with Gasteiger partial charge in [-0.1, -0.05) is 18.2 Å². The lowest BCUT2D eigenvalue weighted by molar-refractivity contribution is 0.0945. The minimum atomic E-state index is 0.153. The van der Waals surface area contributed by atoms with E-state index in [2.05, 4.69) is 21.8 Å². The first-order chi connectivity index (χ1) is 9.74. The number of carbonyl (C=O) groups is 1. The van der Waals surface area contributed by atoms with Crippen LogP contribution in [0.2, 0.25) is 0 Å². The van der Waals surface area contributed by atoms with Crippen molar-refractivity contribution in [3.8, 4) is 0 Å². The van der Waals surface area contributed by atoms with Gasteiger partial charge in [0.05, 0.1) is 6.54 Å². The highest BCUT2D eigenvalue weighted by atomic mass is 32.1. The predicted molar refractivity (Wildman–Crippen MR) is 83.3 cm³/mol. The number of benzene rings is 1. The summed E-state index contributed by atoms with van der Waals surface area (Å²) in [6.45, 7) is 1.23. The summed E-state index contributed by atoms with van der Waals surface area (Å²) < 4.78 is 0. The van der Waals surface area contributed by atoms with Crippen molar-refractivity contribution < 1.29 is 4.79 Å². The van der Waals surface area contributed by atoms with Gasteiger partial charge in [0.2, 0.25) is 0 Å². The van der Waals surface area contributed by atoms with Crippen molar-refractivity contribution in [2.45, 2.75) is 6.54 Å². The highest BCUT2D eigenvalue weighted by Gasteiger charge is 2.14. The third kappa shape index (κ3) is 2.66. The highest BCUT2D eigenvalue weighted by Crippen LogP contribution is 2.18. The molecule has 0 saturated carbocycles. The van der Waals surface area contributed by atoms with Crippen molar-refractivity contribution in [2.24, 2.45) is 0 Å². The Hall–Kier alpha value is -1.91. The Morgan fingerprint density at radius 2 is 2.15 bits per heavy atom. The molecule has 2 heterocycles. The van der Waals surface area contributed by atoms with Crippen LogP contribution in [0.25, 0.3) is 10.9 Å². The molecule has 0 spiro atoms. The van der Waals surface area contributed by atoms with E-state index in [1.165, 1.54) is 5.56 Å². The van der Waals surface area contributed by atoms with E-state index in [4.69, 9.17) is 0 Å². The summed E-state index contributed by atoms with van der Waals surface area (Å²) in [6, 6.07) is 9.99. The third-order valence-electron chi connectivity index (χ3n) is 3.34. The molecule has 0 unspecified atom stereocenters. The van der Waals surface area contributed by atoms with E-state index in [9.17, 15) is 4.79 Å².